The number of amides is 1. The maximum Gasteiger partial charge on any atom is 0.410 e. The van der Waals surface area contributed by atoms with Crippen LogP contribution >= 0.6 is 0 Å². The maximum absolute atomic E-state index is 12.1. The number of ether oxygens (including phenoxy) is 2. The second-order valence-electron chi connectivity index (χ2n) is 6.14. The van der Waals surface area contributed by atoms with Gasteiger partial charge in [0.15, 0.2) is 0 Å². The number of aldehydes is 1. The van der Waals surface area contributed by atoms with E-state index in [0.29, 0.717) is 6.61 Å². The predicted octanol–water partition coefficient (Wildman–Crippen LogP) is 2.73. The first-order valence-electron chi connectivity index (χ1n) is 6.98. The highest BCUT2D eigenvalue weighted by atomic mass is 16.6. The standard InChI is InChI=1S/C16H21NO4/c1-16(2,3)21-15(19)17(4)13(10-18)11-5-6-14-12(9-11)7-8-20-14/h5-6,9-10,13H,7-8H2,1-4H3. The molecule has 1 unspecified atom stereocenters. The third kappa shape index (κ3) is 3.54. The number of likely N-dealkylation sites (N-methyl/N-ethyl adjacent to an activating group) is 1. The second-order valence-corrected chi connectivity index (χ2v) is 6.14. The molecule has 5 nitrogen and oxygen atoms in total. The SMILES string of the molecule is CN(C(=O)OC(C)(C)C)C(C=O)c1ccc2c(c1)CCO2. The van der Waals surface area contributed by atoms with Gasteiger partial charge in [0.25, 0.3) is 0 Å². The fourth-order valence-electron chi connectivity index (χ4n) is 2.23. The minimum absolute atomic E-state index is 0.517. The molecule has 0 saturated heterocycles. The third-order valence-electron chi connectivity index (χ3n) is 3.28. The lowest BCUT2D eigenvalue weighted by Crippen LogP contribution is -2.37. The van der Waals surface area contributed by atoms with Gasteiger partial charge in [-0.1, -0.05) is 6.07 Å². The van der Waals surface area contributed by atoms with E-state index in [9.17, 15) is 9.59 Å². The van der Waals surface area contributed by atoms with Gasteiger partial charge in [-0.3, -0.25) is 4.90 Å². The molecular formula is C16H21NO4. The number of fused-ring (bicyclic) bond motifs is 1. The Kier molecular flexibility index (Phi) is 4.21. The minimum atomic E-state index is -0.661. The van der Waals surface area contributed by atoms with Crippen LogP contribution in [0.2, 0.25) is 0 Å². The summed E-state index contributed by atoms with van der Waals surface area (Å²) in [6.07, 6.45) is 1.06. The monoisotopic (exact) mass is 291 g/mol. The average molecular weight is 291 g/mol. The number of rotatable bonds is 3. The highest BCUT2D eigenvalue weighted by Gasteiger charge is 2.27. The van der Waals surface area contributed by atoms with Crippen molar-refractivity contribution in [1.82, 2.24) is 4.90 Å². The van der Waals surface area contributed by atoms with E-state index in [2.05, 4.69) is 0 Å². The van der Waals surface area contributed by atoms with E-state index in [-0.39, 0.29) is 0 Å². The molecule has 0 fully saturated rings. The number of carbonyl (C=O) groups is 2. The first-order valence-corrected chi connectivity index (χ1v) is 6.98. The zero-order valence-electron chi connectivity index (χ0n) is 12.9. The van der Waals surface area contributed by atoms with Gasteiger partial charge < -0.3 is 14.3 Å². The molecular weight excluding hydrogens is 270 g/mol. The van der Waals surface area contributed by atoms with Gasteiger partial charge >= 0.3 is 6.09 Å². The molecule has 0 spiro atoms. The smallest absolute Gasteiger partial charge is 0.410 e. The molecule has 114 valence electrons. The van der Waals surface area contributed by atoms with Gasteiger partial charge in [-0.25, -0.2) is 4.79 Å². The van der Waals surface area contributed by atoms with Crippen molar-refractivity contribution in [2.24, 2.45) is 0 Å². The van der Waals surface area contributed by atoms with Gasteiger partial charge in [0.05, 0.1) is 6.61 Å². The van der Waals surface area contributed by atoms with Crippen molar-refractivity contribution in [2.75, 3.05) is 13.7 Å². The molecule has 1 aromatic carbocycles. The van der Waals surface area contributed by atoms with Crippen molar-refractivity contribution in [3.8, 4) is 5.75 Å². The summed E-state index contributed by atoms with van der Waals surface area (Å²) in [5, 5.41) is 0. The van der Waals surface area contributed by atoms with Crippen molar-refractivity contribution in [2.45, 2.75) is 38.8 Å². The minimum Gasteiger partial charge on any atom is -0.493 e. The summed E-state index contributed by atoms with van der Waals surface area (Å²) in [5.41, 5.74) is 1.24. The van der Waals surface area contributed by atoms with Crippen molar-refractivity contribution in [3.05, 3.63) is 29.3 Å². The van der Waals surface area contributed by atoms with Crippen molar-refractivity contribution in [1.29, 1.82) is 0 Å². The summed E-state index contributed by atoms with van der Waals surface area (Å²) in [5.74, 6) is 0.850. The number of benzene rings is 1. The van der Waals surface area contributed by atoms with Gasteiger partial charge in [-0.05, 0) is 44.0 Å². The predicted molar refractivity (Wildman–Crippen MR) is 78.4 cm³/mol. The topological polar surface area (TPSA) is 55.8 Å². The Hall–Kier alpha value is -2.04. The van der Waals surface area contributed by atoms with Gasteiger partial charge in [0.2, 0.25) is 0 Å². The molecule has 0 N–H and O–H groups in total. The van der Waals surface area contributed by atoms with Crippen molar-refractivity contribution in [3.63, 3.8) is 0 Å². The highest BCUT2D eigenvalue weighted by Crippen LogP contribution is 2.29. The van der Waals surface area contributed by atoms with Gasteiger partial charge in [0, 0.05) is 13.5 Å². The Morgan fingerprint density at radius 2 is 2.14 bits per heavy atom. The lowest BCUT2D eigenvalue weighted by Gasteiger charge is -2.28. The Balaban J connectivity index is 2.19. The van der Waals surface area contributed by atoms with Crippen LogP contribution in [0.1, 0.15) is 37.9 Å². The summed E-state index contributed by atoms with van der Waals surface area (Å²) >= 11 is 0. The molecule has 1 aromatic rings. The zero-order valence-corrected chi connectivity index (χ0v) is 12.9. The average Bonchev–Trinajstić information content (AvgIpc) is 2.84. The molecule has 1 heterocycles. The summed E-state index contributed by atoms with van der Waals surface area (Å²) in [6, 6.07) is 4.91. The Morgan fingerprint density at radius 3 is 2.76 bits per heavy atom. The zero-order chi connectivity index (χ0) is 15.6. The Labute approximate surface area is 124 Å². The quantitative estimate of drug-likeness (QED) is 0.804. The van der Waals surface area contributed by atoms with E-state index in [0.717, 1.165) is 29.6 Å². The van der Waals surface area contributed by atoms with Crippen molar-refractivity contribution < 1.29 is 19.1 Å². The molecule has 0 saturated carbocycles. The molecule has 0 aromatic heterocycles. The Morgan fingerprint density at radius 1 is 1.43 bits per heavy atom. The Bertz CT molecular complexity index is 548. The van der Waals surface area contributed by atoms with Crippen LogP contribution in [0.15, 0.2) is 18.2 Å². The lowest BCUT2D eigenvalue weighted by atomic mass is 10.0. The summed E-state index contributed by atoms with van der Waals surface area (Å²) in [7, 11) is 1.57. The van der Waals surface area contributed by atoms with Crippen LogP contribution in [-0.4, -0.2) is 36.5 Å². The first kappa shape index (κ1) is 15.4. The molecule has 0 radical (unpaired) electrons. The fourth-order valence-corrected chi connectivity index (χ4v) is 2.23. The van der Waals surface area contributed by atoms with Crippen molar-refractivity contribution >= 4 is 12.4 Å². The largest absolute Gasteiger partial charge is 0.493 e. The van der Waals surface area contributed by atoms with Crippen LogP contribution < -0.4 is 4.74 Å². The lowest BCUT2D eigenvalue weighted by molar-refractivity contribution is -0.112. The van der Waals surface area contributed by atoms with E-state index in [4.69, 9.17) is 9.47 Å². The molecule has 0 bridgehead atoms. The summed E-state index contributed by atoms with van der Waals surface area (Å²) < 4.78 is 10.7. The normalized spacial score (nSPS) is 14.9. The number of hydrogen-bond acceptors (Lipinski definition) is 4. The number of nitrogens with zero attached hydrogens (tertiary/aromatic N) is 1. The number of carbonyl (C=O) groups excluding carboxylic acids is 2. The van der Waals surface area contributed by atoms with Crippen LogP contribution in [0.25, 0.3) is 0 Å². The third-order valence-corrected chi connectivity index (χ3v) is 3.28. The van der Waals surface area contributed by atoms with Crippen LogP contribution in [0.3, 0.4) is 0 Å². The molecule has 1 aliphatic rings. The van der Waals surface area contributed by atoms with Crippen LogP contribution in [0, 0.1) is 0 Å². The van der Waals surface area contributed by atoms with Gasteiger partial charge in [0.1, 0.15) is 23.7 Å². The summed E-state index contributed by atoms with van der Waals surface area (Å²) in [6.45, 7) is 6.04. The van der Waals surface area contributed by atoms with E-state index < -0.39 is 17.7 Å². The maximum atomic E-state index is 12.1. The van der Waals surface area contributed by atoms with Crippen LogP contribution in [0.5, 0.6) is 5.75 Å². The van der Waals surface area contributed by atoms with E-state index >= 15 is 0 Å². The molecule has 1 amide bonds. The molecule has 1 aliphatic heterocycles. The second kappa shape index (κ2) is 5.76. The fraction of sp³-hybridized carbons (Fsp3) is 0.500. The van der Waals surface area contributed by atoms with Gasteiger partial charge in [-0.15, -0.1) is 0 Å². The highest BCUT2D eigenvalue weighted by molar-refractivity contribution is 5.74. The molecule has 21 heavy (non-hydrogen) atoms. The molecule has 0 aliphatic carbocycles. The van der Waals surface area contributed by atoms with E-state index in [1.807, 2.05) is 18.2 Å². The van der Waals surface area contributed by atoms with E-state index in [1.54, 1.807) is 27.8 Å². The first-order chi connectivity index (χ1) is 9.81. The number of hydrogen-bond donors (Lipinski definition) is 0. The molecule has 5 heteroatoms. The van der Waals surface area contributed by atoms with E-state index in [1.165, 1.54) is 4.90 Å². The van der Waals surface area contributed by atoms with Crippen LogP contribution in [-0.2, 0) is 16.0 Å². The summed E-state index contributed by atoms with van der Waals surface area (Å²) in [4.78, 5) is 24.8. The van der Waals surface area contributed by atoms with Crippen LogP contribution in [0.4, 0.5) is 4.79 Å². The molecule has 1 atom stereocenters. The molecule has 2 rings (SSSR count). The van der Waals surface area contributed by atoms with Gasteiger partial charge in [-0.2, -0.15) is 0 Å².